The van der Waals surface area contributed by atoms with Crippen LogP contribution in [0.1, 0.15) is 43.7 Å². The number of fused-ring (bicyclic) bond motifs is 1. The Morgan fingerprint density at radius 2 is 2.14 bits per heavy atom. The summed E-state index contributed by atoms with van der Waals surface area (Å²) in [5, 5.41) is 6.66. The van der Waals surface area contributed by atoms with Gasteiger partial charge in [-0.05, 0) is 74.9 Å². The van der Waals surface area contributed by atoms with Crippen LogP contribution in [0, 0.1) is 11.8 Å². The van der Waals surface area contributed by atoms with Crippen LogP contribution < -0.4 is 15.4 Å². The Morgan fingerprint density at radius 1 is 1.25 bits per heavy atom. The Morgan fingerprint density at radius 3 is 3.04 bits per heavy atom. The third kappa shape index (κ3) is 4.69. The molecule has 3 aliphatic rings. The van der Waals surface area contributed by atoms with Gasteiger partial charge in [0, 0.05) is 31.6 Å². The van der Waals surface area contributed by atoms with Crippen LogP contribution in [-0.2, 0) is 17.6 Å². The summed E-state index contributed by atoms with van der Waals surface area (Å²) in [5.41, 5.74) is 2.93. The van der Waals surface area contributed by atoms with Crippen molar-refractivity contribution < 1.29 is 9.53 Å². The lowest BCUT2D eigenvalue weighted by molar-refractivity contribution is -0.126. The van der Waals surface area contributed by atoms with E-state index in [0.29, 0.717) is 18.6 Å². The summed E-state index contributed by atoms with van der Waals surface area (Å²) in [6, 6.07) is 7.05. The van der Waals surface area contributed by atoms with Crippen molar-refractivity contribution in [1.29, 1.82) is 0 Å². The molecule has 2 fully saturated rings. The molecule has 1 aliphatic carbocycles. The standard InChI is InChI=1S/C23H35N3O2/c1-2-26-10-4-7-21(26)15-25-23(27)20-11-17(13-24-14-20)16-28-22-9-8-18-5-3-6-19(18)12-22/h8-9,12,17,20-21,24H,2-7,10-11,13-16H2,1H3,(H,25,27)/t17-,20+,21?/m0/s1. The highest BCUT2D eigenvalue weighted by atomic mass is 16.5. The van der Waals surface area contributed by atoms with E-state index in [4.69, 9.17) is 4.74 Å². The van der Waals surface area contributed by atoms with E-state index in [-0.39, 0.29) is 11.8 Å². The van der Waals surface area contributed by atoms with Crippen molar-refractivity contribution in [3.8, 4) is 5.75 Å². The number of amides is 1. The molecule has 2 heterocycles. The molecule has 1 amide bonds. The molecule has 2 saturated heterocycles. The number of carbonyl (C=O) groups excluding carboxylic acids is 1. The van der Waals surface area contributed by atoms with Crippen LogP contribution in [-0.4, -0.2) is 56.2 Å². The van der Waals surface area contributed by atoms with Gasteiger partial charge < -0.3 is 15.4 Å². The van der Waals surface area contributed by atoms with Gasteiger partial charge in [-0.25, -0.2) is 0 Å². The molecule has 5 nitrogen and oxygen atoms in total. The normalized spacial score (nSPS) is 27.5. The largest absolute Gasteiger partial charge is 0.493 e. The van der Waals surface area contributed by atoms with Crippen molar-refractivity contribution in [3.63, 3.8) is 0 Å². The zero-order valence-corrected chi connectivity index (χ0v) is 17.2. The van der Waals surface area contributed by atoms with Crippen LogP contribution in [0.4, 0.5) is 0 Å². The Hall–Kier alpha value is -1.59. The summed E-state index contributed by atoms with van der Waals surface area (Å²) < 4.78 is 6.09. The Labute approximate surface area is 169 Å². The number of carbonyl (C=O) groups is 1. The molecule has 1 aromatic carbocycles. The van der Waals surface area contributed by atoms with Gasteiger partial charge in [0.2, 0.25) is 5.91 Å². The Balaban J connectivity index is 1.23. The highest BCUT2D eigenvalue weighted by Gasteiger charge is 2.29. The van der Waals surface area contributed by atoms with E-state index in [1.807, 2.05) is 0 Å². The second-order valence-electron chi connectivity index (χ2n) is 8.72. The molecule has 0 aromatic heterocycles. The third-order valence-electron chi connectivity index (χ3n) is 6.79. The number of aryl methyl sites for hydroxylation is 2. The first-order chi connectivity index (χ1) is 13.7. The molecule has 5 heteroatoms. The summed E-state index contributed by atoms with van der Waals surface area (Å²) in [4.78, 5) is 15.2. The van der Waals surface area contributed by atoms with Gasteiger partial charge in [0.15, 0.2) is 0 Å². The fourth-order valence-corrected chi connectivity index (χ4v) is 5.11. The number of nitrogens with one attached hydrogen (secondary N) is 2. The van der Waals surface area contributed by atoms with Crippen LogP contribution in [0.3, 0.4) is 0 Å². The zero-order chi connectivity index (χ0) is 19.3. The zero-order valence-electron chi connectivity index (χ0n) is 17.2. The number of nitrogens with zero attached hydrogens (tertiary/aromatic N) is 1. The molecule has 2 N–H and O–H groups in total. The fourth-order valence-electron chi connectivity index (χ4n) is 5.11. The SMILES string of the molecule is CCN1CCCC1CNC(=O)[C@H]1CNC[C@@H](COc2ccc3c(c2)CCC3)C1. The summed E-state index contributed by atoms with van der Waals surface area (Å²) in [7, 11) is 0. The molecule has 0 bridgehead atoms. The van der Waals surface area contributed by atoms with E-state index in [0.717, 1.165) is 38.3 Å². The monoisotopic (exact) mass is 385 g/mol. The van der Waals surface area contributed by atoms with Crippen LogP contribution in [0.5, 0.6) is 5.75 Å². The summed E-state index contributed by atoms with van der Waals surface area (Å²) in [6.45, 7) is 7.64. The van der Waals surface area contributed by atoms with E-state index in [1.54, 1.807) is 0 Å². The maximum atomic E-state index is 12.7. The van der Waals surface area contributed by atoms with Gasteiger partial charge in [0.25, 0.3) is 0 Å². The molecule has 0 radical (unpaired) electrons. The smallest absolute Gasteiger partial charge is 0.224 e. The van der Waals surface area contributed by atoms with Gasteiger partial charge in [-0.3, -0.25) is 9.69 Å². The predicted octanol–water partition coefficient (Wildman–Crippen LogP) is 2.38. The maximum absolute atomic E-state index is 12.7. The van der Waals surface area contributed by atoms with Gasteiger partial charge in [0.1, 0.15) is 5.75 Å². The highest BCUT2D eigenvalue weighted by molar-refractivity contribution is 5.79. The summed E-state index contributed by atoms with van der Waals surface area (Å²) >= 11 is 0. The van der Waals surface area contributed by atoms with Crippen molar-refractivity contribution in [1.82, 2.24) is 15.5 Å². The minimum absolute atomic E-state index is 0.0545. The second kappa shape index (κ2) is 9.27. The molecule has 0 saturated carbocycles. The predicted molar refractivity (Wildman–Crippen MR) is 112 cm³/mol. The average Bonchev–Trinajstić information content (AvgIpc) is 3.39. The van der Waals surface area contributed by atoms with E-state index >= 15 is 0 Å². The number of hydrogen-bond acceptors (Lipinski definition) is 4. The lowest BCUT2D eigenvalue weighted by atomic mass is 9.90. The van der Waals surface area contributed by atoms with Gasteiger partial charge in [-0.15, -0.1) is 0 Å². The van der Waals surface area contributed by atoms with Crippen molar-refractivity contribution in [2.24, 2.45) is 11.8 Å². The van der Waals surface area contributed by atoms with Crippen LogP contribution in [0.25, 0.3) is 0 Å². The quantitative estimate of drug-likeness (QED) is 0.757. The minimum Gasteiger partial charge on any atom is -0.493 e. The lowest BCUT2D eigenvalue weighted by Gasteiger charge is -2.30. The number of rotatable bonds is 7. The van der Waals surface area contributed by atoms with Gasteiger partial charge in [-0.2, -0.15) is 0 Å². The first-order valence-corrected chi connectivity index (χ1v) is 11.2. The van der Waals surface area contributed by atoms with E-state index in [9.17, 15) is 4.79 Å². The van der Waals surface area contributed by atoms with Crippen molar-refractivity contribution in [2.45, 2.75) is 51.5 Å². The summed E-state index contributed by atoms with van der Waals surface area (Å²) in [5.74, 6) is 1.63. The third-order valence-corrected chi connectivity index (χ3v) is 6.79. The topological polar surface area (TPSA) is 53.6 Å². The lowest BCUT2D eigenvalue weighted by Crippen LogP contribution is -2.48. The molecule has 0 spiro atoms. The molecule has 3 atom stereocenters. The van der Waals surface area contributed by atoms with Crippen molar-refractivity contribution >= 4 is 5.91 Å². The van der Waals surface area contributed by atoms with Crippen LogP contribution in [0.2, 0.25) is 0 Å². The van der Waals surface area contributed by atoms with Crippen molar-refractivity contribution in [3.05, 3.63) is 29.3 Å². The van der Waals surface area contributed by atoms with Crippen LogP contribution >= 0.6 is 0 Å². The fraction of sp³-hybridized carbons (Fsp3) is 0.696. The number of ether oxygens (including phenoxy) is 1. The first-order valence-electron chi connectivity index (χ1n) is 11.2. The van der Waals surface area contributed by atoms with Gasteiger partial charge in [0.05, 0.1) is 12.5 Å². The number of benzene rings is 1. The highest BCUT2D eigenvalue weighted by Crippen LogP contribution is 2.27. The average molecular weight is 386 g/mol. The van der Waals surface area contributed by atoms with E-state index in [1.165, 1.54) is 49.8 Å². The summed E-state index contributed by atoms with van der Waals surface area (Å²) in [6.07, 6.45) is 7.01. The molecule has 1 unspecified atom stereocenters. The maximum Gasteiger partial charge on any atom is 0.224 e. The number of likely N-dealkylation sites (tertiary alicyclic amines) is 1. The van der Waals surface area contributed by atoms with Gasteiger partial charge >= 0.3 is 0 Å². The van der Waals surface area contributed by atoms with Crippen molar-refractivity contribution in [2.75, 3.05) is 39.3 Å². The number of hydrogen-bond donors (Lipinski definition) is 2. The Kier molecular flexibility index (Phi) is 6.53. The molecule has 1 aromatic rings. The second-order valence-corrected chi connectivity index (χ2v) is 8.72. The first kappa shape index (κ1) is 19.7. The molecular weight excluding hydrogens is 350 g/mol. The van der Waals surface area contributed by atoms with E-state index in [2.05, 4.69) is 40.7 Å². The molecule has 154 valence electrons. The van der Waals surface area contributed by atoms with Crippen LogP contribution in [0.15, 0.2) is 18.2 Å². The number of piperidine rings is 1. The van der Waals surface area contributed by atoms with E-state index < -0.39 is 0 Å². The number of likely N-dealkylation sites (N-methyl/N-ethyl adjacent to an activating group) is 1. The molecule has 28 heavy (non-hydrogen) atoms. The molecule has 4 rings (SSSR count). The Bertz CT molecular complexity index is 678. The minimum atomic E-state index is 0.0545. The molecule has 2 aliphatic heterocycles. The van der Waals surface area contributed by atoms with Gasteiger partial charge in [-0.1, -0.05) is 13.0 Å². The molecular formula is C23H35N3O2.